The van der Waals surface area contributed by atoms with Crippen molar-refractivity contribution in [2.24, 2.45) is 5.41 Å². The molecule has 3 atom stereocenters. The molecule has 5 heterocycles. The van der Waals surface area contributed by atoms with Crippen LogP contribution in [0.4, 0.5) is 13.6 Å². The molecule has 0 radical (unpaired) electrons. The van der Waals surface area contributed by atoms with E-state index < -0.39 is 23.6 Å². The summed E-state index contributed by atoms with van der Waals surface area (Å²) in [6.07, 6.45) is 5.88. The fourth-order valence-corrected chi connectivity index (χ4v) is 5.81. The maximum Gasteiger partial charge on any atom is 0.407 e. The Balaban J connectivity index is 1.43. The van der Waals surface area contributed by atoms with Crippen LogP contribution >= 0.6 is 0 Å². The Kier molecular flexibility index (Phi) is 7.03. The SMILES string of the molecule is CNC(=O)c1cc(F)c(F)c(-c2cnn3cc(-c4cnn(C5CN(C(=O)O)C5C(C)(C)C)c4)c(OC4CCOC4)nc23)c1. The number of carbonyl (C=O) groups is 2. The van der Waals surface area contributed by atoms with Gasteiger partial charge in [-0.3, -0.25) is 9.48 Å². The predicted octanol–water partition coefficient (Wildman–Crippen LogP) is 4.01. The lowest BCUT2D eigenvalue weighted by Crippen LogP contribution is -2.63. The summed E-state index contributed by atoms with van der Waals surface area (Å²) in [7, 11) is 1.40. The highest BCUT2D eigenvalue weighted by atomic mass is 19.2. The molecule has 0 aliphatic carbocycles. The molecule has 2 amide bonds. The number of rotatable bonds is 6. The van der Waals surface area contributed by atoms with Gasteiger partial charge < -0.3 is 24.8 Å². The Morgan fingerprint density at radius 1 is 1.12 bits per heavy atom. The van der Waals surface area contributed by atoms with E-state index in [-0.39, 0.29) is 51.8 Å². The van der Waals surface area contributed by atoms with Gasteiger partial charge in [0.2, 0.25) is 5.88 Å². The van der Waals surface area contributed by atoms with Gasteiger partial charge in [-0.25, -0.2) is 18.1 Å². The Bertz CT molecular complexity index is 1720. The van der Waals surface area contributed by atoms with E-state index in [2.05, 4.69) is 15.5 Å². The van der Waals surface area contributed by atoms with Gasteiger partial charge in [-0.15, -0.1) is 0 Å². The number of likely N-dealkylation sites (tertiary alicyclic amines) is 1. The lowest BCUT2D eigenvalue weighted by Gasteiger charge is -2.52. The highest BCUT2D eigenvalue weighted by Crippen LogP contribution is 2.42. The molecule has 2 N–H and O–H groups in total. The molecule has 226 valence electrons. The van der Waals surface area contributed by atoms with Crippen molar-refractivity contribution in [3.63, 3.8) is 0 Å². The number of halogens is 2. The first kappa shape index (κ1) is 28.5. The predicted molar refractivity (Wildman–Crippen MR) is 150 cm³/mol. The molecule has 2 aliphatic heterocycles. The fraction of sp³-hybridized carbons (Fsp3) is 0.414. The van der Waals surface area contributed by atoms with Crippen LogP contribution in [0, 0.1) is 17.0 Å². The fourth-order valence-electron chi connectivity index (χ4n) is 5.81. The van der Waals surface area contributed by atoms with Gasteiger partial charge in [0.15, 0.2) is 17.3 Å². The molecule has 6 rings (SSSR count). The first-order valence-electron chi connectivity index (χ1n) is 13.8. The summed E-state index contributed by atoms with van der Waals surface area (Å²) in [5, 5.41) is 21.0. The lowest BCUT2D eigenvalue weighted by molar-refractivity contribution is -0.0319. The molecule has 0 saturated carbocycles. The second-order valence-corrected chi connectivity index (χ2v) is 11.8. The monoisotopic (exact) mass is 595 g/mol. The largest absolute Gasteiger partial charge is 0.471 e. The standard InChI is InChI=1S/C29H31F2N7O5/c1-29(2,3)24-22(13-36(24)28(40)41)37-11-16(9-33-37)20-12-38-25(35-27(20)43-17-5-6-42-14-17)19(10-34-38)18-7-15(26(39)32-4)8-21(30)23(18)31/h7-12,17,22,24H,5-6,13-14H2,1-4H3,(H,32,39)(H,40,41). The first-order valence-corrected chi connectivity index (χ1v) is 13.8. The third kappa shape index (κ3) is 5.05. The summed E-state index contributed by atoms with van der Waals surface area (Å²) in [4.78, 5) is 30.1. The summed E-state index contributed by atoms with van der Waals surface area (Å²) in [5.41, 5.74) is 1.03. The van der Waals surface area contributed by atoms with Crippen LogP contribution in [0.15, 0.2) is 36.9 Å². The maximum atomic E-state index is 15.1. The zero-order chi connectivity index (χ0) is 30.6. The normalized spacial score (nSPS) is 20.3. The summed E-state index contributed by atoms with van der Waals surface area (Å²) in [6.45, 7) is 7.18. The summed E-state index contributed by atoms with van der Waals surface area (Å²) >= 11 is 0. The van der Waals surface area contributed by atoms with Crippen molar-refractivity contribution in [2.45, 2.75) is 45.4 Å². The molecule has 43 heavy (non-hydrogen) atoms. The van der Waals surface area contributed by atoms with Gasteiger partial charge in [0.1, 0.15) is 6.10 Å². The van der Waals surface area contributed by atoms with Gasteiger partial charge >= 0.3 is 6.09 Å². The third-order valence-electron chi connectivity index (χ3n) is 7.90. The van der Waals surface area contributed by atoms with Crippen molar-refractivity contribution >= 4 is 17.6 Å². The van der Waals surface area contributed by atoms with Crippen molar-refractivity contribution < 1.29 is 33.0 Å². The third-order valence-corrected chi connectivity index (χ3v) is 7.90. The van der Waals surface area contributed by atoms with E-state index in [4.69, 9.17) is 14.5 Å². The van der Waals surface area contributed by atoms with Gasteiger partial charge in [-0.1, -0.05) is 20.8 Å². The molecule has 14 heteroatoms. The van der Waals surface area contributed by atoms with Crippen LogP contribution in [-0.2, 0) is 4.74 Å². The molecule has 3 aromatic heterocycles. The minimum absolute atomic E-state index is 0.0506. The van der Waals surface area contributed by atoms with Crippen LogP contribution in [0.5, 0.6) is 5.88 Å². The molecule has 4 aromatic rings. The van der Waals surface area contributed by atoms with Crippen molar-refractivity contribution in [1.29, 1.82) is 0 Å². The summed E-state index contributed by atoms with van der Waals surface area (Å²) < 4.78 is 44.5. The van der Waals surface area contributed by atoms with Crippen molar-refractivity contribution in [3.05, 3.63) is 54.1 Å². The van der Waals surface area contributed by atoms with Gasteiger partial charge in [0.05, 0.1) is 43.3 Å². The second-order valence-electron chi connectivity index (χ2n) is 11.8. The Labute approximate surface area is 245 Å². The molecule has 12 nitrogen and oxygen atoms in total. The van der Waals surface area contributed by atoms with Crippen LogP contribution in [0.2, 0.25) is 0 Å². The average molecular weight is 596 g/mol. The Hall–Kier alpha value is -4.59. The Morgan fingerprint density at radius 2 is 1.91 bits per heavy atom. The number of carbonyl (C=O) groups excluding carboxylic acids is 1. The van der Waals surface area contributed by atoms with Gasteiger partial charge in [-0.05, 0) is 17.5 Å². The number of amides is 2. The zero-order valence-corrected chi connectivity index (χ0v) is 24.0. The van der Waals surface area contributed by atoms with Crippen LogP contribution < -0.4 is 10.1 Å². The number of aromatic nitrogens is 5. The number of ether oxygens (including phenoxy) is 2. The number of nitrogens with one attached hydrogen (secondary N) is 1. The number of nitrogens with zero attached hydrogens (tertiary/aromatic N) is 6. The Morgan fingerprint density at radius 3 is 2.58 bits per heavy atom. The van der Waals surface area contributed by atoms with E-state index >= 15 is 4.39 Å². The highest BCUT2D eigenvalue weighted by Gasteiger charge is 2.49. The highest BCUT2D eigenvalue weighted by molar-refractivity contribution is 5.96. The van der Waals surface area contributed by atoms with Crippen LogP contribution in [0.3, 0.4) is 0 Å². The van der Waals surface area contributed by atoms with Gasteiger partial charge in [0.25, 0.3) is 5.91 Å². The molecular formula is C29H31F2N7O5. The number of hydrogen-bond acceptors (Lipinski definition) is 7. The minimum atomic E-state index is -1.18. The van der Waals surface area contributed by atoms with Crippen molar-refractivity contribution in [2.75, 3.05) is 26.8 Å². The van der Waals surface area contributed by atoms with E-state index in [1.54, 1.807) is 17.1 Å². The quantitative estimate of drug-likeness (QED) is 0.341. The van der Waals surface area contributed by atoms with Crippen LogP contribution in [0.1, 0.15) is 43.6 Å². The number of fused-ring (bicyclic) bond motifs is 1. The van der Waals surface area contributed by atoms with E-state index in [9.17, 15) is 19.1 Å². The molecule has 2 saturated heterocycles. The molecule has 3 unspecified atom stereocenters. The van der Waals surface area contributed by atoms with Crippen LogP contribution in [0.25, 0.3) is 27.9 Å². The van der Waals surface area contributed by atoms with E-state index in [1.807, 2.05) is 27.0 Å². The molecule has 0 spiro atoms. The summed E-state index contributed by atoms with van der Waals surface area (Å²) in [5.74, 6) is -2.66. The maximum absolute atomic E-state index is 15.1. The number of hydrogen-bond donors (Lipinski definition) is 2. The number of carboxylic acid groups (broad SMARTS) is 1. The first-order chi connectivity index (χ1) is 20.5. The van der Waals surface area contributed by atoms with E-state index in [0.717, 1.165) is 6.07 Å². The molecular weight excluding hydrogens is 564 g/mol. The van der Waals surface area contributed by atoms with Crippen molar-refractivity contribution in [1.82, 2.24) is 34.6 Å². The van der Waals surface area contributed by atoms with E-state index in [0.29, 0.717) is 37.3 Å². The molecule has 2 fully saturated rings. The topological polar surface area (TPSA) is 136 Å². The molecule has 0 bridgehead atoms. The van der Waals surface area contributed by atoms with Crippen molar-refractivity contribution in [3.8, 4) is 28.1 Å². The molecule has 1 aromatic carbocycles. The zero-order valence-electron chi connectivity index (χ0n) is 24.0. The minimum Gasteiger partial charge on any atom is -0.471 e. The van der Waals surface area contributed by atoms with Gasteiger partial charge in [0, 0.05) is 54.7 Å². The molecule has 2 aliphatic rings. The smallest absolute Gasteiger partial charge is 0.407 e. The van der Waals surface area contributed by atoms with Crippen LogP contribution in [-0.4, -0.2) is 85.3 Å². The lowest BCUT2D eigenvalue weighted by atomic mass is 9.76. The van der Waals surface area contributed by atoms with E-state index in [1.165, 1.54) is 28.7 Å². The second kappa shape index (κ2) is 10.6. The summed E-state index contributed by atoms with van der Waals surface area (Å²) in [6, 6.07) is 1.64. The number of benzene rings is 1. The van der Waals surface area contributed by atoms with Gasteiger partial charge in [-0.2, -0.15) is 15.2 Å². The average Bonchev–Trinajstić information content (AvgIpc) is 3.69.